The van der Waals surface area contributed by atoms with Crippen LogP contribution in [0, 0.1) is 13.8 Å². The average Bonchev–Trinajstić information content (AvgIpc) is 2.48. The van der Waals surface area contributed by atoms with Crippen molar-refractivity contribution in [2.45, 2.75) is 13.8 Å². The molecule has 0 bridgehead atoms. The maximum atomic E-state index is 11.8. The summed E-state index contributed by atoms with van der Waals surface area (Å²) in [5, 5.41) is 5.88. The van der Waals surface area contributed by atoms with Crippen molar-refractivity contribution in [1.82, 2.24) is 15.3 Å². The zero-order valence-electron chi connectivity index (χ0n) is 12.2. The van der Waals surface area contributed by atoms with Gasteiger partial charge >= 0.3 is 0 Å². The molecule has 0 spiro atoms. The molecule has 1 aromatic heterocycles. The molecule has 1 amide bonds. The third-order valence-corrected chi connectivity index (χ3v) is 2.95. The number of nitrogens with zero attached hydrogens (tertiary/aromatic N) is 2. The molecule has 1 heterocycles. The summed E-state index contributed by atoms with van der Waals surface area (Å²) >= 11 is 0. The number of hydrogen-bond donors (Lipinski definition) is 2. The molecule has 0 fully saturated rings. The molecule has 0 unspecified atom stereocenters. The molecule has 5 heteroatoms. The highest BCUT2D eigenvalue weighted by Gasteiger charge is 2.08. The molecule has 0 aliphatic heterocycles. The number of amides is 1. The minimum Gasteiger partial charge on any atom is -0.347 e. The average molecular weight is 282 g/mol. The van der Waals surface area contributed by atoms with Gasteiger partial charge in [-0.15, -0.1) is 6.58 Å². The predicted molar refractivity (Wildman–Crippen MR) is 83.8 cm³/mol. The van der Waals surface area contributed by atoms with Gasteiger partial charge in [0.2, 0.25) is 0 Å². The number of rotatable bonds is 5. The number of benzene rings is 1. The first-order valence-electron chi connectivity index (χ1n) is 6.65. The van der Waals surface area contributed by atoms with E-state index >= 15 is 0 Å². The zero-order valence-corrected chi connectivity index (χ0v) is 12.2. The van der Waals surface area contributed by atoms with Gasteiger partial charge in [0.05, 0.1) is 0 Å². The summed E-state index contributed by atoms with van der Waals surface area (Å²) in [5.74, 6) is 0.335. The Balaban J connectivity index is 2.17. The van der Waals surface area contributed by atoms with Gasteiger partial charge in [-0.1, -0.05) is 23.8 Å². The highest BCUT2D eigenvalue weighted by atomic mass is 16.1. The predicted octanol–water partition coefficient (Wildman–Crippen LogP) is 2.75. The lowest BCUT2D eigenvalue weighted by atomic mass is 10.1. The third kappa shape index (κ3) is 3.89. The van der Waals surface area contributed by atoms with E-state index in [9.17, 15) is 4.79 Å². The van der Waals surface area contributed by atoms with E-state index in [1.165, 1.54) is 11.9 Å². The number of anilines is 2. The summed E-state index contributed by atoms with van der Waals surface area (Å²) in [6, 6.07) is 7.72. The standard InChI is InChI=1S/C16H18N4O/c1-4-7-17-16(21)14-9-15(19-10-18-14)20-13-6-5-11(2)8-12(13)3/h4-6,8-10H,1,7H2,2-3H3,(H,17,21)(H,18,19,20). The highest BCUT2D eigenvalue weighted by Crippen LogP contribution is 2.20. The Kier molecular flexibility index (Phi) is 4.66. The molecule has 0 aliphatic carbocycles. The lowest BCUT2D eigenvalue weighted by molar-refractivity contribution is 0.0953. The van der Waals surface area contributed by atoms with Crippen molar-refractivity contribution in [3.05, 3.63) is 60.1 Å². The summed E-state index contributed by atoms with van der Waals surface area (Å²) in [5.41, 5.74) is 3.59. The van der Waals surface area contributed by atoms with Crippen LogP contribution in [0.1, 0.15) is 21.6 Å². The van der Waals surface area contributed by atoms with Crippen LogP contribution >= 0.6 is 0 Å². The van der Waals surface area contributed by atoms with Gasteiger partial charge in [0.25, 0.3) is 5.91 Å². The molecule has 2 rings (SSSR count). The third-order valence-electron chi connectivity index (χ3n) is 2.95. The molecular weight excluding hydrogens is 264 g/mol. The molecular formula is C16H18N4O. The van der Waals surface area contributed by atoms with Gasteiger partial charge in [-0.3, -0.25) is 4.79 Å². The Labute approximate surface area is 124 Å². The van der Waals surface area contributed by atoms with Crippen molar-refractivity contribution in [3.63, 3.8) is 0 Å². The van der Waals surface area contributed by atoms with Gasteiger partial charge < -0.3 is 10.6 Å². The van der Waals surface area contributed by atoms with E-state index in [-0.39, 0.29) is 5.91 Å². The Morgan fingerprint density at radius 3 is 2.81 bits per heavy atom. The monoisotopic (exact) mass is 282 g/mol. The number of aromatic nitrogens is 2. The second-order valence-electron chi connectivity index (χ2n) is 4.73. The first kappa shape index (κ1) is 14.7. The van der Waals surface area contributed by atoms with E-state index in [1.54, 1.807) is 12.1 Å². The van der Waals surface area contributed by atoms with Gasteiger partial charge in [0.15, 0.2) is 0 Å². The maximum absolute atomic E-state index is 11.8. The summed E-state index contributed by atoms with van der Waals surface area (Å²) in [7, 11) is 0. The van der Waals surface area contributed by atoms with Crippen molar-refractivity contribution < 1.29 is 4.79 Å². The first-order chi connectivity index (χ1) is 10.1. The second kappa shape index (κ2) is 6.65. The van der Waals surface area contributed by atoms with Crippen molar-refractivity contribution in [2.75, 3.05) is 11.9 Å². The van der Waals surface area contributed by atoms with Crippen LogP contribution in [0.25, 0.3) is 0 Å². The molecule has 0 saturated carbocycles. The number of carbonyl (C=O) groups excluding carboxylic acids is 1. The Morgan fingerprint density at radius 2 is 2.10 bits per heavy atom. The smallest absolute Gasteiger partial charge is 0.270 e. The zero-order chi connectivity index (χ0) is 15.2. The molecule has 2 aromatic rings. The van der Waals surface area contributed by atoms with E-state index in [2.05, 4.69) is 33.2 Å². The summed E-state index contributed by atoms with van der Waals surface area (Å²) in [6.45, 7) is 8.03. The van der Waals surface area contributed by atoms with Gasteiger partial charge in [-0.2, -0.15) is 0 Å². The van der Waals surface area contributed by atoms with Crippen molar-refractivity contribution in [3.8, 4) is 0 Å². The molecule has 2 N–H and O–H groups in total. The number of carbonyl (C=O) groups is 1. The van der Waals surface area contributed by atoms with Crippen molar-refractivity contribution in [1.29, 1.82) is 0 Å². The maximum Gasteiger partial charge on any atom is 0.270 e. The fourth-order valence-corrected chi connectivity index (χ4v) is 1.90. The number of hydrogen-bond acceptors (Lipinski definition) is 4. The molecule has 0 aliphatic rings. The van der Waals surface area contributed by atoms with Crippen LogP contribution in [-0.4, -0.2) is 22.4 Å². The van der Waals surface area contributed by atoms with Gasteiger partial charge in [-0.05, 0) is 25.5 Å². The van der Waals surface area contributed by atoms with E-state index in [4.69, 9.17) is 0 Å². The molecule has 0 atom stereocenters. The van der Waals surface area contributed by atoms with E-state index in [1.807, 2.05) is 26.0 Å². The van der Waals surface area contributed by atoms with Crippen molar-refractivity contribution in [2.24, 2.45) is 0 Å². The largest absolute Gasteiger partial charge is 0.347 e. The molecule has 108 valence electrons. The molecule has 0 saturated heterocycles. The van der Waals surface area contributed by atoms with Crippen LogP contribution < -0.4 is 10.6 Å². The molecule has 1 aromatic carbocycles. The lowest BCUT2D eigenvalue weighted by Gasteiger charge is -2.10. The van der Waals surface area contributed by atoms with E-state index < -0.39 is 0 Å². The number of aryl methyl sites for hydroxylation is 2. The minimum absolute atomic E-state index is 0.249. The fourth-order valence-electron chi connectivity index (χ4n) is 1.90. The Hall–Kier alpha value is -2.69. The van der Waals surface area contributed by atoms with E-state index in [0.29, 0.717) is 18.1 Å². The van der Waals surface area contributed by atoms with Crippen LogP contribution in [0.2, 0.25) is 0 Å². The second-order valence-corrected chi connectivity index (χ2v) is 4.73. The van der Waals surface area contributed by atoms with Crippen LogP contribution in [0.4, 0.5) is 11.5 Å². The Bertz CT molecular complexity index is 667. The highest BCUT2D eigenvalue weighted by molar-refractivity contribution is 5.93. The van der Waals surface area contributed by atoms with Crippen LogP contribution in [0.3, 0.4) is 0 Å². The van der Waals surface area contributed by atoms with Crippen LogP contribution in [0.15, 0.2) is 43.2 Å². The fraction of sp³-hybridized carbons (Fsp3) is 0.188. The molecule has 0 radical (unpaired) electrons. The van der Waals surface area contributed by atoms with Crippen molar-refractivity contribution >= 4 is 17.4 Å². The van der Waals surface area contributed by atoms with Crippen LogP contribution in [-0.2, 0) is 0 Å². The molecule has 5 nitrogen and oxygen atoms in total. The van der Waals surface area contributed by atoms with Crippen LogP contribution in [0.5, 0.6) is 0 Å². The normalized spacial score (nSPS) is 10.0. The van der Waals surface area contributed by atoms with Gasteiger partial charge in [0.1, 0.15) is 17.8 Å². The van der Waals surface area contributed by atoms with Gasteiger partial charge in [-0.25, -0.2) is 9.97 Å². The summed E-state index contributed by atoms with van der Waals surface area (Å²) in [4.78, 5) is 20.0. The summed E-state index contributed by atoms with van der Waals surface area (Å²) in [6.07, 6.45) is 2.99. The van der Waals surface area contributed by atoms with Gasteiger partial charge in [0, 0.05) is 18.3 Å². The minimum atomic E-state index is -0.249. The quantitative estimate of drug-likeness (QED) is 0.827. The number of nitrogens with one attached hydrogen (secondary N) is 2. The SMILES string of the molecule is C=CCNC(=O)c1cc(Nc2ccc(C)cc2C)ncn1. The summed E-state index contributed by atoms with van der Waals surface area (Å²) < 4.78 is 0. The first-order valence-corrected chi connectivity index (χ1v) is 6.65. The Morgan fingerprint density at radius 1 is 1.29 bits per heavy atom. The lowest BCUT2D eigenvalue weighted by Crippen LogP contribution is -2.24. The van der Waals surface area contributed by atoms with E-state index in [0.717, 1.165) is 11.3 Å². The molecule has 21 heavy (non-hydrogen) atoms. The topological polar surface area (TPSA) is 66.9 Å².